The molecule has 0 saturated heterocycles. The first-order chi connectivity index (χ1) is 11.6. The molecule has 0 spiro atoms. The van der Waals surface area contributed by atoms with E-state index >= 15 is 0 Å². The molecular weight excluding hydrogens is 302 g/mol. The van der Waals surface area contributed by atoms with Crippen LogP contribution in [0.15, 0.2) is 77.4 Å². The van der Waals surface area contributed by atoms with E-state index in [9.17, 15) is 9.90 Å². The van der Waals surface area contributed by atoms with Gasteiger partial charge in [-0.3, -0.25) is 4.79 Å². The zero-order chi connectivity index (χ0) is 17.0. The molecule has 2 aromatic carbocycles. The number of nitrogens with one attached hydrogen (secondary N) is 1. The van der Waals surface area contributed by atoms with Gasteiger partial charge < -0.3 is 14.8 Å². The summed E-state index contributed by atoms with van der Waals surface area (Å²) < 4.78 is 5.04. The molecule has 24 heavy (non-hydrogen) atoms. The SMILES string of the molecule is CC(O)(CNC(=O)c1ccco1)c1ccc(-c2ccccc2)cc1. The topological polar surface area (TPSA) is 62.5 Å². The van der Waals surface area contributed by atoms with Crippen molar-refractivity contribution < 1.29 is 14.3 Å². The molecule has 0 radical (unpaired) electrons. The molecule has 1 unspecified atom stereocenters. The number of aliphatic hydroxyl groups is 1. The lowest BCUT2D eigenvalue weighted by Crippen LogP contribution is -2.38. The summed E-state index contributed by atoms with van der Waals surface area (Å²) in [5.41, 5.74) is 1.77. The Bertz CT molecular complexity index is 791. The molecule has 0 saturated carbocycles. The largest absolute Gasteiger partial charge is 0.459 e. The summed E-state index contributed by atoms with van der Waals surface area (Å²) in [6.45, 7) is 1.77. The van der Waals surface area contributed by atoms with Gasteiger partial charge in [0.1, 0.15) is 5.60 Å². The highest BCUT2D eigenvalue weighted by atomic mass is 16.3. The number of hydrogen-bond donors (Lipinski definition) is 2. The summed E-state index contributed by atoms with van der Waals surface area (Å²) in [6, 6.07) is 20.9. The summed E-state index contributed by atoms with van der Waals surface area (Å²) in [4.78, 5) is 11.9. The zero-order valence-electron chi connectivity index (χ0n) is 13.4. The van der Waals surface area contributed by atoms with Crippen molar-refractivity contribution in [2.24, 2.45) is 0 Å². The second kappa shape index (κ2) is 6.72. The van der Waals surface area contributed by atoms with Crippen LogP contribution in [0.3, 0.4) is 0 Å². The van der Waals surface area contributed by atoms with Crippen LogP contribution in [-0.2, 0) is 5.60 Å². The fourth-order valence-corrected chi connectivity index (χ4v) is 2.50. The van der Waals surface area contributed by atoms with Gasteiger partial charge in [0, 0.05) is 0 Å². The molecule has 1 heterocycles. The maximum absolute atomic E-state index is 11.9. The van der Waals surface area contributed by atoms with Crippen LogP contribution in [-0.4, -0.2) is 17.6 Å². The lowest BCUT2D eigenvalue weighted by Gasteiger charge is -2.24. The zero-order valence-corrected chi connectivity index (χ0v) is 13.4. The predicted molar refractivity (Wildman–Crippen MR) is 92.5 cm³/mol. The van der Waals surface area contributed by atoms with Crippen LogP contribution < -0.4 is 5.32 Å². The number of benzene rings is 2. The van der Waals surface area contributed by atoms with Gasteiger partial charge in [0.2, 0.25) is 0 Å². The Kier molecular flexibility index (Phi) is 4.49. The van der Waals surface area contributed by atoms with Gasteiger partial charge in [-0.25, -0.2) is 0 Å². The average Bonchev–Trinajstić information content (AvgIpc) is 3.15. The van der Waals surface area contributed by atoms with Gasteiger partial charge >= 0.3 is 0 Å². The Balaban J connectivity index is 1.69. The van der Waals surface area contributed by atoms with Crippen molar-refractivity contribution >= 4 is 5.91 Å². The summed E-state index contributed by atoms with van der Waals surface area (Å²) in [6.07, 6.45) is 1.44. The third-order valence-corrected chi connectivity index (χ3v) is 3.95. The minimum Gasteiger partial charge on any atom is -0.459 e. The number of carbonyl (C=O) groups is 1. The van der Waals surface area contributed by atoms with Crippen molar-refractivity contribution in [1.82, 2.24) is 5.32 Å². The molecule has 122 valence electrons. The Morgan fingerprint density at radius 3 is 2.29 bits per heavy atom. The van der Waals surface area contributed by atoms with Gasteiger partial charge in [0.15, 0.2) is 5.76 Å². The highest BCUT2D eigenvalue weighted by Gasteiger charge is 2.24. The monoisotopic (exact) mass is 321 g/mol. The molecule has 0 aliphatic rings. The van der Waals surface area contributed by atoms with Gasteiger partial charge in [-0.15, -0.1) is 0 Å². The third kappa shape index (κ3) is 3.55. The highest BCUT2D eigenvalue weighted by Crippen LogP contribution is 2.24. The smallest absolute Gasteiger partial charge is 0.287 e. The second-order valence-corrected chi connectivity index (χ2v) is 5.88. The second-order valence-electron chi connectivity index (χ2n) is 5.88. The summed E-state index contributed by atoms with van der Waals surface area (Å²) in [7, 11) is 0. The number of amides is 1. The molecule has 1 amide bonds. The minimum absolute atomic E-state index is 0.0945. The van der Waals surface area contributed by atoms with Crippen molar-refractivity contribution in [3.8, 4) is 11.1 Å². The average molecular weight is 321 g/mol. The molecule has 4 heteroatoms. The van der Waals surface area contributed by atoms with E-state index in [1.165, 1.54) is 6.26 Å². The molecule has 0 fully saturated rings. The molecule has 3 aromatic rings. The minimum atomic E-state index is -1.17. The van der Waals surface area contributed by atoms with Gasteiger partial charge in [0.05, 0.1) is 12.8 Å². The molecule has 1 atom stereocenters. The van der Waals surface area contributed by atoms with Crippen LogP contribution in [0, 0.1) is 0 Å². The molecule has 2 N–H and O–H groups in total. The normalized spacial score (nSPS) is 13.2. The lowest BCUT2D eigenvalue weighted by atomic mass is 9.93. The van der Waals surface area contributed by atoms with Crippen molar-refractivity contribution in [3.63, 3.8) is 0 Å². The van der Waals surface area contributed by atoms with E-state index < -0.39 is 5.60 Å². The lowest BCUT2D eigenvalue weighted by molar-refractivity contribution is 0.0519. The van der Waals surface area contributed by atoms with E-state index in [-0.39, 0.29) is 18.2 Å². The fourth-order valence-electron chi connectivity index (χ4n) is 2.50. The maximum Gasteiger partial charge on any atom is 0.287 e. The molecule has 0 aliphatic heterocycles. The van der Waals surface area contributed by atoms with Crippen LogP contribution in [0.1, 0.15) is 23.0 Å². The number of furan rings is 1. The fraction of sp³-hybridized carbons (Fsp3) is 0.150. The molecule has 0 aliphatic carbocycles. The standard InChI is InChI=1S/C20H19NO3/c1-20(23,14-21-19(22)18-8-5-13-24-18)17-11-9-16(10-12-17)15-6-3-2-4-7-15/h2-13,23H,14H2,1H3,(H,21,22). The van der Waals surface area contributed by atoms with E-state index in [1.807, 2.05) is 54.6 Å². The van der Waals surface area contributed by atoms with Crippen LogP contribution >= 0.6 is 0 Å². The van der Waals surface area contributed by atoms with Gasteiger partial charge in [-0.2, -0.15) is 0 Å². The Morgan fingerprint density at radius 1 is 1.00 bits per heavy atom. The van der Waals surface area contributed by atoms with Crippen LogP contribution in [0.25, 0.3) is 11.1 Å². The van der Waals surface area contributed by atoms with Gasteiger partial charge in [0.25, 0.3) is 5.91 Å². The first-order valence-electron chi connectivity index (χ1n) is 7.76. The van der Waals surface area contributed by atoms with E-state index in [2.05, 4.69) is 5.32 Å². The predicted octanol–water partition coefficient (Wildman–Crippen LogP) is 3.58. The Labute approximate surface area is 140 Å². The summed E-state index contributed by atoms with van der Waals surface area (Å²) >= 11 is 0. The van der Waals surface area contributed by atoms with E-state index in [1.54, 1.807) is 19.1 Å². The molecule has 3 rings (SSSR count). The van der Waals surface area contributed by atoms with Crippen LogP contribution in [0.4, 0.5) is 0 Å². The first-order valence-corrected chi connectivity index (χ1v) is 7.76. The number of hydrogen-bond acceptors (Lipinski definition) is 3. The molecular formula is C20H19NO3. The maximum atomic E-state index is 11.9. The summed E-state index contributed by atoms with van der Waals surface area (Å²) in [5, 5.41) is 13.3. The van der Waals surface area contributed by atoms with Gasteiger partial charge in [-0.05, 0) is 35.7 Å². The Hall–Kier alpha value is -2.85. The van der Waals surface area contributed by atoms with Crippen LogP contribution in [0.5, 0.6) is 0 Å². The number of rotatable bonds is 5. The van der Waals surface area contributed by atoms with Gasteiger partial charge in [-0.1, -0.05) is 54.6 Å². The van der Waals surface area contributed by atoms with Crippen molar-refractivity contribution in [2.75, 3.05) is 6.54 Å². The third-order valence-electron chi connectivity index (χ3n) is 3.95. The van der Waals surface area contributed by atoms with Crippen LogP contribution in [0.2, 0.25) is 0 Å². The van der Waals surface area contributed by atoms with E-state index in [0.717, 1.165) is 16.7 Å². The molecule has 0 bridgehead atoms. The number of carbonyl (C=O) groups excluding carboxylic acids is 1. The Morgan fingerprint density at radius 2 is 1.67 bits per heavy atom. The quantitative estimate of drug-likeness (QED) is 0.755. The molecule has 1 aromatic heterocycles. The first kappa shape index (κ1) is 16.0. The van der Waals surface area contributed by atoms with E-state index in [0.29, 0.717) is 0 Å². The van der Waals surface area contributed by atoms with Crippen molar-refractivity contribution in [3.05, 3.63) is 84.3 Å². The van der Waals surface area contributed by atoms with Crippen molar-refractivity contribution in [1.29, 1.82) is 0 Å². The van der Waals surface area contributed by atoms with E-state index in [4.69, 9.17) is 4.42 Å². The molecule has 4 nitrogen and oxygen atoms in total. The highest BCUT2D eigenvalue weighted by molar-refractivity contribution is 5.91. The van der Waals surface area contributed by atoms with Crippen molar-refractivity contribution in [2.45, 2.75) is 12.5 Å². The summed E-state index contributed by atoms with van der Waals surface area (Å²) in [5.74, 6) is -0.119.